The number of thiazole rings is 1. The molecular formula is C17H14Cl2N4OS. The molecule has 0 saturated heterocycles. The lowest BCUT2D eigenvalue weighted by atomic mass is 10.2. The van der Waals surface area contributed by atoms with Crippen LogP contribution in [0.4, 0.5) is 16.5 Å². The summed E-state index contributed by atoms with van der Waals surface area (Å²) >= 11 is 13.3. The summed E-state index contributed by atoms with van der Waals surface area (Å²) in [6.07, 6.45) is 1.49. The SMILES string of the molecule is [2H]c1cc(C)c(NC(=O)c2cnc(Nc3cc(C)nc(Cl)c3)s2)c(Cl)c1. The number of amides is 1. The van der Waals surface area contributed by atoms with Gasteiger partial charge in [-0.1, -0.05) is 46.6 Å². The van der Waals surface area contributed by atoms with Crippen LogP contribution in [-0.2, 0) is 0 Å². The molecule has 0 aliphatic carbocycles. The molecule has 0 saturated carbocycles. The highest BCUT2D eigenvalue weighted by atomic mass is 35.5. The number of aryl methyl sites for hydroxylation is 2. The summed E-state index contributed by atoms with van der Waals surface area (Å²) in [5, 5.41) is 7.14. The maximum Gasteiger partial charge on any atom is 0.267 e. The van der Waals surface area contributed by atoms with Gasteiger partial charge in [0.05, 0.1) is 18.3 Å². The van der Waals surface area contributed by atoms with E-state index in [0.717, 1.165) is 16.9 Å². The number of carbonyl (C=O) groups excluding carboxylic acids is 1. The Labute approximate surface area is 160 Å². The fourth-order valence-electron chi connectivity index (χ4n) is 2.17. The Morgan fingerprint density at radius 2 is 2.08 bits per heavy atom. The molecule has 3 rings (SSSR count). The van der Waals surface area contributed by atoms with E-state index in [-0.39, 0.29) is 5.91 Å². The highest BCUT2D eigenvalue weighted by Crippen LogP contribution is 2.28. The average molecular weight is 394 g/mol. The fourth-order valence-corrected chi connectivity index (χ4v) is 3.41. The first-order valence-corrected chi connectivity index (χ1v) is 8.84. The maximum atomic E-state index is 12.5. The number of nitrogens with zero attached hydrogens (tertiary/aromatic N) is 2. The molecule has 0 atom stereocenters. The largest absolute Gasteiger partial charge is 0.331 e. The third-order valence-electron chi connectivity index (χ3n) is 3.28. The van der Waals surface area contributed by atoms with Gasteiger partial charge in [0, 0.05) is 11.4 Å². The predicted molar refractivity (Wildman–Crippen MR) is 104 cm³/mol. The normalized spacial score (nSPS) is 11.1. The van der Waals surface area contributed by atoms with Crippen LogP contribution >= 0.6 is 34.5 Å². The molecule has 1 aromatic carbocycles. The van der Waals surface area contributed by atoms with E-state index < -0.39 is 0 Å². The molecule has 2 heterocycles. The van der Waals surface area contributed by atoms with Gasteiger partial charge in [0.25, 0.3) is 5.91 Å². The molecule has 25 heavy (non-hydrogen) atoms. The number of hydrogen-bond donors (Lipinski definition) is 2. The van der Waals surface area contributed by atoms with E-state index in [1.807, 2.05) is 13.0 Å². The molecule has 8 heteroatoms. The molecule has 0 bridgehead atoms. The number of rotatable bonds is 4. The molecule has 3 aromatic rings. The minimum atomic E-state index is -0.317. The quantitative estimate of drug-likeness (QED) is 0.577. The van der Waals surface area contributed by atoms with Gasteiger partial charge in [-0.25, -0.2) is 9.97 Å². The summed E-state index contributed by atoms with van der Waals surface area (Å²) in [6, 6.07) is 6.93. The molecule has 0 fully saturated rings. The Morgan fingerprint density at radius 1 is 1.28 bits per heavy atom. The van der Waals surface area contributed by atoms with Crippen LogP contribution in [0.3, 0.4) is 0 Å². The molecule has 1 amide bonds. The summed E-state index contributed by atoms with van der Waals surface area (Å²) in [4.78, 5) is 21.2. The first-order valence-electron chi connectivity index (χ1n) is 7.77. The minimum Gasteiger partial charge on any atom is -0.331 e. The molecule has 0 radical (unpaired) electrons. The number of benzene rings is 1. The first-order chi connectivity index (χ1) is 12.3. The van der Waals surface area contributed by atoms with Crippen LogP contribution in [0.2, 0.25) is 10.2 Å². The fraction of sp³-hybridized carbons (Fsp3) is 0.118. The van der Waals surface area contributed by atoms with E-state index in [2.05, 4.69) is 20.6 Å². The second-order valence-corrected chi connectivity index (χ2v) is 7.12. The van der Waals surface area contributed by atoms with Crippen molar-refractivity contribution in [2.75, 3.05) is 10.6 Å². The van der Waals surface area contributed by atoms with Gasteiger partial charge < -0.3 is 10.6 Å². The van der Waals surface area contributed by atoms with Crippen molar-refractivity contribution in [2.24, 2.45) is 0 Å². The van der Waals surface area contributed by atoms with E-state index in [4.69, 9.17) is 24.6 Å². The Morgan fingerprint density at radius 3 is 2.80 bits per heavy atom. The molecule has 0 spiro atoms. The van der Waals surface area contributed by atoms with Crippen molar-refractivity contribution in [3.63, 3.8) is 0 Å². The van der Waals surface area contributed by atoms with Crippen LogP contribution in [0, 0.1) is 13.8 Å². The first kappa shape index (κ1) is 16.3. The van der Waals surface area contributed by atoms with Crippen molar-refractivity contribution in [1.82, 2.24) is 9.97 Å². The van der Waals surface area contributed by atoms with Crippen molar-refractivity contribution < 1.29 is 6.17 Å². The summed E-state index contributed by atoms with van der Waals surface area (Å²) in [5.74, 6) is -0.317. The zero-order valence-electron chi connectivity index (χ0n) is 14.4. The van der Waals surface area contributed by atoms with Crippen LogP contribution in [0.25, 0.3) is 0 Å². The number of pyridine rings is 1. The Kier molecular flexibility index (Phi) is 4.83. The molecule has 2 N–H and O–H groups in total. The molecule has 0 unspecified atom stereocenters. The number of hydrogen-bond acceptors (Lipinski definition) is 5. The monoisotopic (exact) mass is 393 g/mol. The molecular weight excluding hydrogens is 379 g/mol. The summed E-state index contributed by atoms with van der Waals surface area (Å²) in [7, 11) is 0. The van der Waals surface area contributed by atoms with Crippen LogP contribution in [-0.4, -0.2) is 15.9 Å². The van der Waals surface area contributed by atoms with Crippen molar-refractivity contribution in [1.29, 1.82) is 0 Å². The smallest absolute Gasteiger partial charge is 0.267 e. The van der Waals surface area contributed by atoms with Gasteiger partial charge in [0.1, 0.15) is 10.0 Å². The second-order valence-electron chi connectivity index (χ2n) is 5.29. The molecule has 128 valence electrons. The van der Waals surface area contributed by atoms with E-state index >= 15 is 0 Å². The number of para-hydroxylation sites is 1. The predicted octanol–water partition coefficient (Wildman–Crippen LogP) is 5.46. The Balaban J connectivity index is 1.76. The zero-order chi connectivity index (χ0) is 18.8. The van der Waals surface area contributed by atoms with E-state index in [1.54, 1.807) is 19.1 Å². The minimum absolute atomic E-state index is 0.293. The van der Waals surface area contributed by atoms with Gasteiger partial charge in [-0.3, -0.25) is 4.79 Å². The second kappa shape index (κ2) is 7.39. The topological polar surface area (TPSA) is 66.9 Å². The van der Waals surface area contributed by atoms with Crippen LogP contribution < -0.4 is 10.6 Å². The van der Waals surface area contributed by atoms with Gasteiger partial charge in [-0.15, -0.1) is 0 Å². The van der Waals surface area contributed by atoms with Crippen molar-refractivity contribution >= 4 is 57.0 Å². The van der Waals surface area contributed by atoms with Crippen molar-refractivity contribution in [3.05, 3.63) is 62.8 Å². The van der Waals surface area contributed by atoms with E-state index in [1.165, 1.54) is 23.6 Å². The lowest BCUT2D eigenvalue weighted by molar-refractivity contribution is 0.103. The highest BCUT2D eigenvalue weighted by molar-refractivity contribution is 7.17. The lowest BCUT2D eigenvalue weighted by Crippen LogP contribution is -2.11. The average Bonchev–Trinajstić information content (AvgIpc) is 2.98. The van der Waals surface area contributed by atoms with Gasteiger partial charge in [0.2, 0.25) is 0 Å². The maximum absolute atomic E-state index is 12.5. The zero-order valence-corrected chi connectivity index (χ0v) is 15.7. The van der Waals surface area contributed by atoms with Gasteiger partial charge >= 0.3 is 0 Å². The number of aromatic nitrogens is 2. The van der Waals surface area contributed by atoms with Gasteiger partial charge in [0.15, 0.2) is 5.13 Å². The standard InChI is InChI=1S/C17H14Cl2N4OS/c1-9-4-3-5-12(18)15(9)23-16(24)13-8-20-17(25-13)22-11-6-10(2)21-14(19)7-11/h3-8H,1-2H3,(H,23,24)(H,20,21,22)/i3D. The third-order valence-corrected chi connectivity index (χ3v) is 4.69. The van der Waals surface area contributed by atoms with E-state index in [0.29, 0.717) is 31.9 Å². The molecule has 0 aliphatic rings. The lowest BCUT2D eigenvalue weighted by Gasteiger charge is -2.08. The number of nitrogens with one attached hydrogen (secondary N) is 2. The third kappa shape index (κ3) is 4.28. The number of halogens is 2. The van der Waals surface area contributed by atoms with Crippen LogP contribution in [0.1, 0.15) is 22.3 Å². The number of carbonyl (C=O) groups is 1. The molecule has 0 aliphatic heterocycles. The van der Waals surface area contributed by atoms with Gasteiger partial charge in [-0.2, -0.15) is 0 Å². The summed E-state index contributed by atoms with van der Waals surface area (Å²) in [6.45, 7) is 3.63. The number of anilines is 3. The molecule has 5 nitrogen and oxygen atoms in total. The van der Waals surface area contributed by atoms with Crippen LogP contribution in [0.15, 0.2) is 36.5 Å². The summed E-state index contributed by atoms with van der Waals surface area (Å²) in [5.41, 5.74) is 2.74. The Bertz CT molecular complexity index is 949. The van der Waals surface area contributed by atoms with Crippen LogP contribution in [0.5, 0.6) is 0 Å². The summed E-state index contributed by atoms with van der Waals surface area (Å²) < 4.78 is 7.63. The van der Waals surface area contributed by atoms with E-state index in [9.17, 15) is 4.79 Å². The van der Waals surface area contributed by atoms with Gasteiger partial charge in [-0.05, 0) is 37.6 Å². The Hall–Kier alpha value is -2.15. The van der Waals surface area contributed by atoms with Crippen molar-refractivity contribution in [3.8, 4) is 0 Å². The molecule has 2 aromatic heterocycles. The highest BCUT2D eigenvalue weighted by Gasteiger charge is 2.14. The van der Waals surface area contributed by atoms with Crippen molar-refractivity contribution in [2.45, 2.75) is 13.8 Å².